The third kappa shape index (κ3) is 3.14. The van der Waals surface area contributed by atoms with Gasteiger partial charge < -0.3 is 10.6 Å². The summed E-state index contributed by atoms with van der Waals surface area (Å²) < 4.78 is 0. The number of amides is 1. The van der Waals surface area contributed by atoms with E-state index in [1.165, 1.54) is 6.42 Å². The molecule has 0 radical (unpaired) electrons. The Balaban J connectivity index is 2.54. The van der Waals surface area contributed by atoms with Crippen molar-refractivity contribution < 1.29 is 4.79 Å². The summed E-state index contributed by atoms with van der Waals surface area (Å²) in [5.41, 5.74) is 5.65. The molecule has 1 unspecified atom stereocenters. The zero-order valence-corrected chi connectivity index (χ0v) is 8.91. The Morgan fingerprint density at radius 2 is 2.36 bits per heavy atom. The van der Waals surface area contributed by atoms with Crippen LogP contribution in [0, 0.1) is 5.92 Å². The molecule has 1 atom stereocenters. The van der Waals surface area contributed by atoms with Crippen molar-refractivity contribution in [1.82, 2.24) is 4.90 Å². The van der Waals surface area contributed by atoms with Crippen molar-refractivity contribution in [1.29, 1.82) is 0 Å². The smallest absolute Gasteiger partial charge is 0.246 e. The lowest BCUT2D eigenvalue weighted by Crippen LogP contribution is -2.35. The number of likely N-dealkylation sites (tertiary alicyclic amines) is 1. The van der Waals surface area contributed by atoms with Crippen LogP contribution in [-0.2, 0) is 4.79 Å². The molecular weight excluding hydrogens is 176 g/mol. The first-order valence-electron chi connectivity index (χ1n) is 5.39. The van der Waals surface area contributed by atoms with Crippen molar-refractivity contribution in [3.05, 3.63) is 12.2 Å². The van der Waals surface area contributed by atoms with Crippen LogP contribution in [-0.4, -0.2) is 30.4 Å². The lowest BCUT2D eigenvalue weighted by Gasteiger charge is -2.22. The van der Waals surface area contributed by atoms with Gasteiger partial charge in [-0.15, -0.1) is 0 Å². The van der Waals surface area contributed by atoms with E-state index in [4.69, 9.17) is 5.73 Å². The minimum atomic E-state index is 0.132. The molecule has 14 heavy (non-hydrogen) atoms. The van der Waals surface area contributed by atoms with Gasteiger partial charge in [-0.1, -0.05) is 12.5 Å². The van der Waals surface area contributed by atoms with E-state index in [2.05, 4.69) is 0 Å². The standard InChI is InChI=1S/C11H20N2O/c1-2-5-11(14)13-7-4-3-6-10(8-12)9-13/h2,5,10H,3-4,6-9,12H2,1H3/b5-2+. The van der Waals surface area contributed by atoms with Gasteiger partial charge in [0.2, 0.25) is 5.91 Å². The zero-order valence-electron chi connectivity index (χ0n) is 8.91. The highest BCUT2D eigenvalue weighted by Crippen LogP contribution is 2.15. The first-order valence-corrected chi connectivity index (χ1v) is 5.39. The van der Waals surface area contributed by atoms with E-state index in [0.717, 1.165) is 25.9 Å². The van der Waals surface area contributed by atoms with E-state index < -0.39 is 0 Å². The number of nitrogens with two attached hydrogens (primary N) is 1. The number of hydrogen-bond acceptors (Lipinski definition) is 2. The molecule has 0 aliphatic carbocycles. The van der Waals surface area contributed by atoms with E-state index >= 15 is 0 Å². The van der Waals surface area contributed by atoms with Crippen LogP contribution in [0.4, 0.5) is 0 Å². The number of allylic oxidation sites excluding steroid dienone is 1. The highest BCUT2D eigenvalue weighted by atomic mass is 16.2. The predicted molar refractivity (Wildman–Crippen MR) is 57.8 cm³/mol. The molecule has 2 N–H and O–H groups in total. The summed E-state index contributed by atoms with van der Waals surface area (Å²) in [7, 11) is 0. The van der Waals surface area contributed by atoms with E-state index in [1.807, 2.05) is 11.8 Å². The number of hydrogen-bond donors (Lipinski definition) is 1. The van der Waals surface area contributed by atoms with E-state index in [9.17, 15) is 4.79 Å². The van der Waals surface area contributed by atoms with Crippen LogP contribution in [0.1, 0.15) is 26.2 Å². The third-order valence-electron chi connectivity index (χ3n) is 2.72. The second-order valence-electron chi connectivity index (χ2n) is 3.88. The Morgan fingerprint density at radius 3 is 3.00 bits per heavy atom. The quantitative estimate of drug-likeness (QED) is 0.673. The molecule has 1 heterocycles. The SMILES string of the molecule is C/C=C/C(=O)N1CCCCC(CN)C1. The molecule has 80 valence electrons. The molecule has 1 aliphatic heterocycles. The normalized spacial score (nSPS) is 23.9. The Labute approximate surface area is 86.0 Å². The van der Waals surface area contributed by atoms with Crippen LogP contribution in [0.25, 0.3) is 0 Å². The Kier molecular flexibility index (Phi) is 4.66. The average Bonchev–Trinajstić information content (AvgIpc) is 2.43. The van der Waals surface area contributed by atoms with Crippen molar-refractivity contribution in [2.75, 3.05) is 19.6 Å². The van der Waals surface area contributed by atoms with Crippen LogP contribution < -0.4 is 5.73 Å². The van der Waals surface area contributed by atoms with Gasteiger partial charge in [0.15, 0.2) is 0 Å². The molecule has 0 bridgehead atoms. The number of rotatable bonds is 2. The van der Waals surface area contributed by atoms with Gasteiger partial charge in [0, 0.05) is 13.1 Å². The fourth-order valence-corrected chi connectivity index (χ4v) is 1.87. The number of nitrogens with zero attached hydrogens (tertiary/aromatic N) is 1. The highest BCUT2D eigenvalue weighted by molar-refractivity contribution is 5.87. The first kappa shape index (κ1) is 11.2. The maximum atomic E-state index is 11.6. The summed E-state index contributed by atoms with van der Waals surface area (Å²) in [5.74, 6) is 0.625. The van der Waals surface area contributed by atoms with Crippen molar-refractivity contribution in [2.24, 2.45) is 11.7 Å². The molecule has 0 aromatic carbocycles. The van der Waals surface area contributed by atoms with Crippen molar-refractivity contribution in [3.8, 4) is 0 Å². The summed E-state index contributed by atoms with van der Waals surface area (Å²) in [5, 5.41) is 0. The molecule has 3 nitrogen and oxygen atoms in total. The summed E-state index contributed by atoms with van der Waals surface area (Å²) in [6.07, 6.45) is 6.90. The molecule has 1 rings (SSSR count). The molecule has 0 aromatic heterocycles. The maximum absolute atomic E-state index is 11.6. The minimum Gasteiger partial charge on any atom is -0.339 e. The average molecular weight is 196 g/mol. The fraction of sp³-hybridized carbons (Fsp3) is 0.727. The number of carbonyl (C=O) groups is 1. The summed E-state index contributed by atoms with van der Waals surface area (Å²) >= 11 is 0. The third-order valence-corrected chi connectivity index (χ3v) is 2.72. The van der Waals surface area contributed by atoms with Gasteiger partial charge in [-0.05, 0) is 38.3 Å². The Hall–Kier alpha value is -0.830. The topological polar surface area (TPSA) is 46.3 Å². The first-order chi connectivity index (χ1) is 6.77. The summed E-state index contributed by atoms with van der Waals surface area (Å²) in [6.45, 7) is 4.29. The van der Waals surface area contributed by atoms with Gasteiger partial charge in [0.1, 0.15) is 0 Å². The van der Waals surface area contributed by atoms with Gasteiger partial charge in [0.05, 0.1) is 0 Å². The molecule has 0 saturated carbocycles. The zero-order chi connectivity index (χ0) is 10.4. The highest BCUT2D eigenvalue weighted by Gasteiger charge is 2.19. The van der Waals surface area contributed by atoms with Gasteiger partial charge in [-0.3, -0.25) is 4.79 Å². The van der Waals surface area contributed by atoms with Gasteiger partial charge in [-0.25, -0.2) is 0 Å². The van der Waals surface area contributed by atoms with Crippen molar-refractivity contribution in [2.45, 2.75) is 26.2 Å². The molecule has 1 aliphatic rings. The molecule has 3 heteroatoms. The Morgan fingerprint density at radius 1 is 1.57 bits per heavy atom. The van der Waals surface area contributed by atoms with Crippen molar-refractivity contribution in [3.63, 3.8) is 0 Å². The second kappa shape index (κ2) is 5.81. The fourth-order valence-electron chi connectivity index (χ4n) is 1.87. The maximum Gasteiger partial charge on any atom is 0.246 e. The molecule has 1 amide bonds. The summed E-state index contributed by atoms with van der Waals surface area (Å²) in [4.78, 5) is 13.5. The van der Waals surface area contributed by atoms with E-state index in [-0.39, 0.29) is 5.91 Å². The second-order valence-corrected chi connectivity index (χ2v) is 3.88. The lowest BCUT2D eigenvalue weighted by molar-refractivity contribution is -0.126. The molecule has 0 aromatic rings. The van der Waals surface area contributed by atoms with Gasteiger partial charge in [0.25, 0.3) is 0 Å². The largest absolute Gasteiger partial charge is 0.339 e. The van der Waals surface area contributed by atoms with Crippen molar-refractivity contribution >= 4 is 5.91 Å². The number of carbonyl (C=O) groups excluding carboxylic acids is 1. The molecule has 0 spiro atoms. The molecular formula is C11H20N2O. The minimum absolute atomic E-state index is 0.132. The van der Waals surface area contributed by atoms with E-state index in [1.54, 1.807) is 12.2 Å². The summed E-state index contributed by atoms with van der Waals surface area (Å²) in [6, 6.07) is 0. The molecule has 1 fully saturated rings. The van der Waals surface area contributed by atoms with Gasteiger partial charge >= 0.3 is 0 Å². The lowest BCUT2D eigenvalue weighted by atomic mass is 10.0. The molecule has 1 saturated heterocycles. The van der Waals surface area contributed by atoms with Gasteiger partial charge in [-0.2, -0.15) is 0 Å². The predicted octanol–water partition coefficient (Wildman–Crippen LogP) is 1.15. The van der Waals surface area contributed by atoms with Crippen LogP contribution in [0.3, 0.4) is 0 Å². The van der Waals surface area contributed by atoms with Crippen LogP contribution in [0.2, 0.25) is 0 Å². The van der Waals surface area contributed by atoms with Crippen LogP contribution in [0.15, 0.2) is 12.2 Å². The monoisotopic (exact) mass is 196 g/mol. The van der Waals surface area contributed by atoms with E-state index in [0.29, 0.717) is 12.5 Å². The van der Waals surface area contributed by atoms with Crippen LogP contribution in [0.5, 0.6) is 0 Å². The Bertz CT molecular complexity index is 213. The van der Waals surface area contributed by atoms with Crippen LogP contribution >= 0.6 is 0 Å².